The van der Waals surface area contributed by atoms with Crippen molar-refractivity contribution in [1.29, 1.82) is 0 Å². The van der Waals surface area contributed by atoms with Crippen molar-refractivity contribution in [2.45, 2.75) is 6.92 Å². The van der Waals surface area contributed by atoms with Gasteiger partial charge in [-0.05, 0) is 37.3 Å². The molecule has 3 aromatic rings. The lowest BCUT2D eigenvalue weighted by atomic mass is 10.2. The quantitative estimate of drug-likeness (QED) is 0.724. The number of aromatic nitrogens is 3. The summed E-state index contributed by atoms with van der Waals surface area (Å²) in [4.78, 5) is 8.44. The van der Waals surface area contributed by atoms with Crippen LogP contribution in [0.5, 0.6) is 0 Å². The number of rotatable bonds is 2. The number of aryl methyl sites for hydroxylation is 1. The van der Waals surface area contributed by atoms with Gasteiger partial charge in [-0.1, -0.05) is 11.2 Å². The molecule has 0 spiro atoms. The van der Waals surface area contributed by atoms with Crippen molar-refractivity contribution in [2.75, 3.05) is 5.73 Å². The first-order valence-corrected chi connectivity index (χ1v) is 5.96. The Morgan fingerprint density at radius 3 is 2.80 bits per heavy atom. The van der Waals surface area contributed by atoms with Crippen LogP contribution in [0.3, 0.4) is 0 Å². The van der Waals surface area contributed by atoms with Gasteiger partial charge in [0.15, 0.2) is 0 Å². The summed E-state index contributed by atoms with van der Waals surface area (Å²) in [5.41, 5.74) is 7.65. The highest BCUT2D eigenvalue weighted by molar-refractivity contribution is 5.62. The molecule has 100 valence electrons. The highest BCUT2D eigenvalue weighted by atomic mass is 19.1. The van der Waals surface area contributed by atoms with Crippen LogP contribution in [-0.2, 0) is 0 Å². The van der Waals surface area contributed by atoms with Gasteiger partial charge in [0, 0.05) is 11.4 Å². The number of halogens is 1. The van der Waals surface area contributed by atoms with E-state index < -0.39 is 5.82 Å². The molecule has 0 saturated heterocycles. The lowest BCUT2D eigenvalue weighted by Gasteiger charge is -1.98. The molecule has 2 aromatic heterocycles. The molecular formula is C14H11FN4O. The zero-order valence-corrected chi connectivity index (χ0v) is 10.7. The largest absolute Gasteiger partial charge is 0.399 e. The molecule has 0 saturated carbocycles. The van der Waals surface area contributed by atoms with E-state index in [0.29, 0.717) is 17.2 Å². The van der Waals surface area contributed by atoms with Crippen molar-refractivity contribution in [3.8, 4) is 23.0 Å². The monoisotopic (exact) mass is 270 g/mol. The third kappa shape index (κ3) is 2.23. The molecule has 0 bridgehead atoms. The molecule has 0 unspecified atom stereocenters. The lowest BCUT2D eigenvalue weighted by Crippen LogP contribution is -1.90. The first-order valence-electron chi connectivity index (χ1n) is 5.96. The number of nitrogens with zero attached hydrogens (tertiary/aromatic N) is 3. The molecule has 6 heteroatoms. The molecule has 5 nitrogen and oxygen atoms in total. The molecule has 0 radical (unpaired) electrons. The van der Waals surface area contributed by atoms with Crippen LogP contribution >= 0.6 is 0 Å². The Hall–Kier alpha value is -2.76. The van der Waals surface area contributed by atoms with Gasteiger partial charge < -0.3 is 10.3 Å². The minimum absolute atomic E-state index is 0.0770. The van der Waals surface area contributed by atoms with Gasteiger partial charge >= 0.3 is 0 Å². The maximum atomic E-state index is 13.7. The van der Waals surface area contributed by atoms with Crippen molar-refractivity contribution in [2.24, 2.45) is 0 Å². The number of anilines is 1. The number of benzene rings is 1. The molecule has 0 fully saturated rings. The van der Waals surface area contributed by atoms with E-state index in [1.54, 1.807) is 6.07 Å². The summed E-state index contributed by atoms with van der Waals surface area (Å²) in [5.74, 6) is -0.0785. The molecule has 2 heterocycles. The minimum Gasteiger partial charge on any atom is -0.399 e. The molecule has 0 aliphatic carbocycles. The van der Waals surface area contributed by atoms with Gasteiger partial charge in [0.25, 0.3) is 5.89 Å². The summed E-state index contributed by atoms with van der Waals surface area (Å²) in [7, 11) is 0. The number of hydrogen-bond acceptors (Lipinski definition) is 5. The van der Waals surface area contributed by atoms with Crippen LogP contribution in [0.1, 0.15) is 5.69 Å². The summed E-state index contributed by atoms with van der Waals surface area (Å²) in [6, 6.07) is 9.65. The lowest BCUT2D eigenvalue weighted by molar-refractivity contribution is 0.429. The molecule has 0 aliphatic rings. The van der Waals surface area contributed by atoms with Crippen LogP contribution < -0.4 is 5.73 Å². The van der Waals surface area contributed by atoms with Crippen molar-refractivity contribution in [1.82, 2.24) is 15.1 Å². The van der Waals surface area contributed by atoms with E-state index in [1.807, 2.05) is 19.1 Å². The van der Waals surface area contributed by atoms with Crippen LogP contribution in [0.15, 0.2) is 40.9 Å². The standard InChI is InChI=1S/C14H11FN4O/c1-8-3-2-4-12(17-8)13-18-14(20-19-13)10-7-9(16)5-6-11(10)15/h2-7H,16H2,1H3. The van der Waals surface area contributed by atoms with E-state index >= 15 is 0 Å². The van der Waals surface area contributed by atoms with Crippen LogP contribution in [0.4, 0.5) is 10.1 Å². The van der Waals surface area contributed by atoms with E-state index in [0.717, 1.165) is 5.69 Å². The topological polar surface area (TPSA) is 77.8 Å². The van der Waals surface area contributed by atoms with Crippen molar-refractivity contribution in [3.63, 3.8) is 0 Å². The molecule has 0 amide bonds. The summed E-state index contributed by atoms with van der Waals surface area (Å²) in [6.45, 7) is 1.86. The predicted octanol–water partition coefficient (Wildman–Crippen LogP) is 2.83. The maximum Gasteiger partial charge on any atom is 0.261 e. The van der Waals surface area contributed by atoms with Gasteiger partial charge in [-0.2, -0.15) is 4.98 Å². The number of nitrogens with two attached hydrogens (primary N) is 1. The van der Waals surface area contributed by atoms with Crippen LogP contribution in [0.25, 0.3) is 23.0 Å². The fourth-order valence-electron chi connectivity index (χ4n) is 1.81. The Morgan fingerprint density at radius 1 is 1.15 bits per heavy atom. The normalized spacial score (nSPS) is 10.7. The summed E-state index contributed by atoms with van der Waals surface area (Å²) in [6.07, 6.45) is 0. The van der Waals surface area contributed by atoms with Gasteiger partial charge in [-0.3, -0.25) is 0 Å². The fraction of sp³-hybridized carbons (Fsp3) is 0.0714. The molecule has 0 aliphatic heterocycles. The van der Waals surface area contributed by atoms with E-state index in [4.69, 9.17) is 10.3 Å². The molecular weight excluding hydrogens is 259 g/mol. The Balaban J connectivity index is 2.04. The zero-order chi connectivity index (χ0) is 14.1. The van der Waals surface area contributed by atoms with Crippen LogP contribution in [-0.4, -0.2) is 15.1 Å². The van der Waals surface area contributed by atoms with E-state index in [9.17, 15) is 4.39 Å². The highest BCUT2D eigenvalue weighted by Crippen LogP contribution is 2.25. The first kappa shape index (κ1) is 12.3. The minimum atomic E-state index is -0.466. The Kier molecular flexibility index (Phi) is 2.90. The molecule has 0 atom stereocenters. The highest BCUT2D eigenvalue weighted by Gasteiger charge is 2.15. The molecule has 20 heavy (non-hydrogen) atoms. The number of pyridine rings is 1. The molecule has 2 N–H and O–H groups in total. The Bertz CT molecular complexity index is 769. The zero-order valence-electron chi connectivity index (χ0n) is 10.7. The third-order valence-corrected chi connectivity index (χ3v) is 2.76. The van der Waals surface area contributed by atoms with E-state index in [1.165, 1.54) is 18.2 Å². The average Bonchev–Trinajstić information content (AvgIpc) is 2.91. The number of nitrogen functional groups attached to an aromatic ring is 1. The van der Waals surface area contributed by atoms with Crippen LogP contribution in [0, 0.1) is 12.7 Å². The summed E-state index contributed by atoms with van der Waals surface area (Å²) >= 11 is 0. The summed E-state index contributed by atoms with van der Waals surface area (Å²) in [5, 5.41) is 3.82. The van der Waals surface area contributed by atoms with Crippen LogP contribution in [0.2, 0.25) is 0 Å². The molecule has 1 aromatic carbocycles. The Labute approximate surface area is 114 Å². The maximum absolute atomic E-state index is 13.7. The van der Waals surface area contributed by atoms with Gasteiger partial charge in [0.2, 0.25) is 5.82 Å². The van der Waals surface area contributed by atoms with Crippen molar-refractivity contribution >= 4 is 5.69 Å². The first-order chi connectivity index (χ1) is 9.63. The van der Waals surface area contributed by atoms with E-state index in [-0.39, 0.29) is 11.5 Å². The SMILES string of the molecule is Cc1cccc(-c2noc(-c3cc(N)ccc3F)n2)n1. The second-order valence-corrected chi connectivity index (χ2v) is 4.33. The predicted molar refractivity (Wildman–Crippen MR) is 72.1 cm³/mol. The number of hydrogen-bond donors (Lipinski definition) is 1. The second kappa shape index (κ2) is 4.73. The summed E-state index contributed by atoms with van der Waals surface area (Å²) < 4.78 is 18.8. The Morgan fingerprint density at radius 2 is 2.00 bits per heavy atom. The van der Waals surface area contributed by atoms with Gasteiger partial charge in [-0.25, -0.2) is 9.37 Å². The van der Waals surface area contributed by atoms with Gasteiger partial charge in [-0.15, -0.1) is 0 Å². The van der Waals surface area contributed by atoms with Gasteiger partial charge in [0.1, 0.15) is 11.5 Å². The van der Waals surface area contributed by atoms with Gasteiger partial charge in [0.05, 0.1) is 5.56 Å². The third-order valence-electron chi connectivity index (χ3n) is 2.76. The van der Waals surface area contributed by atoms with Crippen molar-refractivity contribution < 1.29 is 8.91 Å². The molecule has 3 rings (SSSR count). The van der Waals surface area contributed by atoms with Crippen molar-refractivity contribution in [3.05, 3.63) is 47.9 Å². The second-order valence-electron chi connectivity index (χ2n) is 4.33. The smallest absolute Gasteiger partial charge is 0.261 e. The average molecular weight is 270 g/mol. The fourth-order valence-corrected chi connectivity index (χ4v) is 1.81. The van der Waals surface area contributed by atoms with E-state index in [2.05, 4.69) is 15.1 Å².